The van der Waals surface area contributed by atoms with Crippen molar-refractivity contribution < 1.29 is 9.34 Å². The molecule has 0 atom stereocenters. The molecule has 7 heteroatoms. The Balaban J connectivity index is 1.87. The third kappa shape index (κ3) is 2.28. The van der Waals surface area contributed by atoms with E-state index in [2.05, 4.69) is 15.0 Å². The molecule has 0 saturated carbocycles. The third-order valence-corrected chi connectivity index (χ3v) is 2.72. The largest absolute Gasteiger partial charge is 0.433 e. The molecule has 0 fully saturated rings. The third-order valence-electron chi connectivity index (χ3n) is 2.72. The van der Waals surface area contributed by atoms with Gasteiger partial charge in [-0.1, -0.05) is 0 Å². The van der Waals surface area contributed by atoms with Gasteiger partial charge in [-0.05, 0) is 31.2 Å². The predicted octanol–water partition coefficient (Wildman–Crippen LogP) is 3.12. The SMILES string of the molecule is Cc1nc2ccc(N=Cc3ccc([N+](=O)[O-])o3)cc2[nH]1. The van der Waals surface area contributed by atoms with Crippen LogP contribution in [-0.2, 0) is 0 Å². The highest BCUT2D eigenvalue weighted by Crippen LogP contribution is 2.20. The number of H-pyrrole nitrogens is 1. The topological polar surface area (TPSA) is 97.3 Å². The van der Waals surface area contributed by atoms with Crippen molar-refractivity contribution in [2.24, 2.45) is 4.99 Å². The molecule has 0 radical (unpaired) electrons. The molecule has 0 unspecified atom stereocenters. The molecule has 0 amide bonds. The van der Waals surface area contributed by atoms with Gasteiger partial charge < -0.3 is 9.40 Å². The first-order chi connectivity index (χ1) is 9.61. The molecule has 2 aromatic heterocycles. The van der Waals surface area contributed by atoms with Crippen molar-refractivity contribution in [3.63, 3.8) is 0 Å². The zero-order valence-corrected chi connectivity index (χ0v) is 10.5. The van der Waals surface area contributed by atoms with Crippen molar-refractivity contribution in [3.05, 3.63) is 52.0 Å². The van der Waals surface area contributed by atoms with E-state index in [9.17, 15) is 10.1 Å². The van der Waals surface area contributed by atoms with E-state index in [1.165, 1.54) is 18.3 Å². The van der Waals surface area contributed by atoms with Crippen molar-refractivity contribution in [1.82, 2.24) is 9.97 Å². The molecule has 1 N–H and O–H groups in total. The minimum atomic E-state index is -0.587. The Hall–Kier alpha value is -2.96. The maximum Gasteiger partial charge on any atom is 0.433 e. The summed E-state index contributed by atoms with van der Waals surface area (Å²) in [5.74, 6) is 0.867. The van der Waals surface area contributed by atoms with Gasteiger partial charge in [0.15, 0.2) is 5.76 Å². The first-order valence-corrected chi connectivity index (χ1v) is 5.86. The number of rotatable bonds is 3. The number of hydrogen-bond acceptors (Lipinski definition) is 5. The number of nitro groups is 1. The molecule has 0 aliphatic rings. The van der Waals surface area contributed by atoms with Gasteiger partial charge in [0.1, 0.15) is 10.7 Å². The van der Waals surface area contributed by atoms with Crippen molar-refractivity contribution in [3.8, 4) is 0 Å². The number of nitrogens with one attached hydrogen (secondary N) is 1. The molecule has 0 aliphatic heterocycles. The molecular weight excluding hydrogens is 260 g/mol. The summed E-state index contributed by atoms with van der Waals surface area (Å²) in [6.07, 6.45) is 1.44. The van der Waals surface area contributed by atoms with E-state index >= 15 is 0 Å². The molecule has 20 heavy (non-hydrogen) atoms. The van der Waals surface area contributed by atoms with Gasteiger partial charge in [-0.3, -0.25) is 15.1 Å². The van der Waals surface area contributed by atoms with Crippen LogP contribution in [0.3, 0.4) is 0 Å². The zero-order valence-electron chi connectivity index (χ0n) is 10.5. The van der Waals surface area contributed by atoms with Gasteiger partial charge in [0.25, 0.3) is 0 Å². The predicted molar refractivity (Wildman–Crippen MR) is 73.4 cm³/mol. The quantitative estimate of drug-likeness (QED) is 0.449. The van der Waals surface area contributed by atoms with Crippen LogP contribution in [0.1, 0.15) is 11.6 Å². The summed E-state index contributed by atoms with van der Waals surface area (Å²) in [5.41, 5.74) is 2.47. The maximum absolute atomic E-state index is 10.5. The summed E-state index contributed by atoms with van der Waals surface area (Å²) >= 11 is 0. The number of nitrogens with zero attached hydrogens (tertiary/aromatic N) is 3. The maximum atomic E-state index is 10.5. The number of benzene rings is 1. The Kier molecular flexibility index (Phi) is 2.79. The summed E-state index contributed by atoms with van der Waals surface area (Å²) in [6, 6.07) is 8.32. The highest BCUT2D eigenvalue weighted by Gasteiger charge is 2.10. The van der Waals surface area contributed by atoms with Gasteiger partial charge in [-0.2, -0.15) is 0 Å². The zero-order chi connectivity index (χ0) is 14.1. The Morgan fingerprint density at radius 3 is 3.00 bits per heavy atom. The van der Waals surface area contributed by atoms with Gasteiger partial charge in [-0.25, -0.2) is 4.98 Å². The number of fused-ring (bicyclic) bond motifs is 1. The molecular formula is C13H10N4O3. The van der Waals surface area contributed by atoms with E-state index in [0.717, 1.165) is 16.9 Å². The first kappa shape index (κ1) is 12.1. The molecule has 7 nitrogen and oxygen atoms in total. The van der Waals surface area contributed by atoms with Gasteiger partial charge in [0.05, 0.1) is 29.0 Å². The standard InChI is InChI=1S/C13H10N4O3/c1-8-15-11-4-2-9(6-12(11)16-8)14-7-10-3-5-13(20-10)17(18)19/h2-7H,1H3,(H,15,16). The highest BCUT2D eigenvalue weighted by atomic mass is 16.6. The summed E-state index contributed by atoms with van der Waals surface area (Å²) < 4.78 is 4.99. The molecule has 100 valence electrons. The van der Waals surface area contributed by atoms with E-state index in [-0.39, 0.29) is 5.88 Å². The fourth-order valence-electron chi connectivity index (χ4n) is 1.85. The second-order valence-electron chi connectivity index (χ2n) is 4.21. The number of hydrogen-bond donors (Lipinski definition) is 1. The monoisotopic (exact) mass is 270 g/mol. The van der Waals surface area contributed by atoms with Crippen LogP contribution in [0.15, 0.2) is 39.7 Å². The minimum Gasteiger partial charge on any atom is -0.400 e. The van der Waals surface area contributed by atoms with Crippen LogP contribution in [0.5, 0.6) is 0 Å². The Morgan fingerprint density at radius 2 is 2.25 bits per heavy atom. The van der Waals surface area contributed by atoms with Gasteiger partial charge in [-0.15, -0.1) is 0 Å². The van der Waals surface area contributed by atoms with Crippen molar-refractivity contribution in [2.75, 3.05) is 0 Å². The minimum absolute atomic E-state index is 0.300. The van der Waals surface area contributed by atoms with E-state index in [1.54, 1.807) is 0 Å². The average Bonchev–Trinajstić information content (AvgIpc) is 3.00. The van der Waals surface area contributed by atoms with E-state index in [1.807, 2.05) is 25.1 Å². The van der Waals surface area contributed by atoms with Gasteiger partial charge >= 0.3 is 5.88 Å². The number of aromatic nitrogens is 2. The first-order valence-electron chi connectivity index (χ1n) is 5.86. The molecule has 0 spiro atoms. The van der Waals surface area contributed by atoms with Crippen LogP contribution in [0.25, 0.3) is 11.0 Å². The van der Waals surface area contributed by atoms with Crippen LogP contribution in [0.2, 0.25) is 0 Å². The van der Waals surface area contributed by atoms with Crippen LogP contribution in [-0.4, -0.2) is 21.1 Å². The Morgan fingerprint density at radius 1 is 1.40 bits per heavy atom. The summed E-state index contributed by atoms with van der Waals surface area (Å²) in [6.45, 7) is 1.88. The lowest BCUT2D eigenvalue weighted by Gasteiger charge is -1.92. The molecule has 0 saturated heterocycles. The van der Waals surface area contributed by atoms with Crippen molar-refractivity contribution >= 4 is 28.8 Å². The van der Waals surface area contributed by atoms with E-state index in [0.29, 0.717) is 11.4 Å². The van der Waals surface area contributed by atoms with Crippen molar-refractivity contribution in [1.29, 1.82) is 0 Å². The Bertz CT molecular complexity index is 816. The lowest BCUT2D eigenvalue weighted by atomic mass is 10.3. The molecule has 0 bridgehead atoms. The summed E-state index contributed by atoms with van der Waals surface area (Å²) in [4.78, 5) is 21.5. The number of imidazole rings is 1. The fourth-order valence-corrected chi connectivity index (χ4v) is 1.85. The normalized spacial score (nSPS) is 11.4. The van der Waals surface area contributed by atoms with E-state index in [4.69, 9.17) is 4.42 Å². The van der Waals surface area contributed by atoms with Crippen LogP contribution in [0, 0.1) is 17.0 Å². The smallest absolute Gasteiger partial charge is 0.400 e. The summed E-state index contributed by atoms with van der Waals surface area (Å²) in [7, 11) is 0. The molecule has 0 aliphatic carbocycles. The second-order valence-corrected chi connectivity index (χ2v) is 4.21. The Labute approximate surface area is 113 Å². The van der Waals surface area contributed by atoms with Gasteiger partial charge in [0, 0.05) is 0 Å². The van der Waals surface area contributed by atoms with Gasteiger partial charge in [0.2, 0.25) is 0 Å². The number of furan rings is 1. The van der Waals surface area contributed by atoms with E-state index < -0.39 is 4.92 Å². The molecule has 3 aromatic rings. The average molecular weight is 270 g/mol. The number of aromatic amines is 1. The second kappa shape index (κ2) is 4.61. The summed E-state index contributed by atoms with van der Waals surface area (Å²) in [5, 5.41) is 10.5. The molecule has 2 heterocycles. The van der Waals surface area contributed by atoms with Crippen molar-refractivity contribution in [2.45, 2.75) is 6.92 Å². The molecule has 1 aromatic carbocycles. The lowest BCUT2D eigenvalue weighted by Crippen LogP contribution is -1.83. The lowest BCUT2D eigenvalue weighted by molar-refractivity contribution is -0.402. The molecule has 3 rings (SSSR count). The fraction of sp³-hybridized carbons (Fsp3) is 0.0769. The van der Waals surface area contributed by atoms with Crippen LogP contribution >= 0.6 is 0 Å². The van der Waals surface area contributed by atoms with Crippen LogP contribution < -0.4 is 0 Å². The highest BCUT2D eigenvalue weighted by molar-refractivity contribution is 5.83. The number of aliphatic imine (C=N–C) groups is 1. The van der Waals surface area contributed by atoms with Crippen LogP contribution in [0.4, 0.5) is 11.6 Å². The number of aryl methyl sites for hydroxylation is 1.